The van der Waals surface area contributed by atoms with Crippen LogP contribution in [0.2, 0.25) is 5.02 Å². The van der Waals surface area contributed by atoms with E-state index < -0.39 is 52.9 Å². The van der Waals surface area contributed by atoms with Gasteiger partial charge in [-0.1, -0.05) is 57.0 Å². The van der Waals surface area contributed by atoms with Crippen molar-refractivity contribution in [3.8, 4) is 0 Å². The number of amides is 2. The van der Waals surface area contributed by atoms with Gasteiger partial charge in [-0.25, -0.2) is 0 Å². The predicted octanol–water partition coefficient (Wildman–Crippen LogP) is 3.81. The molecular formula is C28H37ClN2O6. The number of likely N-dealkylation sites (tertiary alicyclic amines) is 1. The van der Waals surface area contributed by atoms with Crippen LogP contribution in [0.15, 0.2) is 30.9 Å². The molecule has 0 aromatic heterocycles. The van der Waals surface area contributed by atoms with Crippen molar-refractivity contribution in [2.45, 2.75) is 76.7 Å². The van der Waals surface area contributed by atoms with Gasteiger partial charge in [0, 0.05) is 6.54 Å². The second-order valence-electron chi connectivity index (χ2n) is 10.7. The fraction of sp³-hybridized carbons (Fsp3) is 0.607. The highest BCUT2D eigenvalue weighted by atomic mass is 35.5. The Morgan fingerprint density at radius 3 is 2.59 bits per heavy atom. The number of hydrogen-bond donors (Lipinski definition) is 2. The summed E-state index contributed by atoms with van der Waals surface area (Å²) in [4.78, 5) is 44.4. The Kier molecular flexibility index (Phi) is 7.49. The number of carboxylic acids is 1. The maximum atomic E-state index is 14.6. The first-order valence-electron chi connectivity index (χ1n) is 13.1. The molecule has 7 atom stereocenters. The van der Waals surface area contributed by atoms with Crippen molar-refractivity contribution in [2.75, 3.05) is 18.1 Å². The van der Waals surface area contributed by atoms with E-state index in [1.165, 1.54) is 9.80 Å². The lowest BCUT2D eigenvalue weighted by atomic mass is 9.65. The molecule has 1 spiro atoms. The van der Waals surface area contributed by atoms with Crippen LogP contribution < -0.4 is 4.90 Å². The van der Waals surface area contributed by atoms with Crippen LogP contribution in [-0.4, -0.2) is 69.3 Å². The summed E-state index contributed by atoms with van der Waals surface area (Å²) < 4.78 is 6.63. The molecule has 37 heavy (non-hydrogen) atoms. The van der Waals surface area contributed by atoms with E-state index in [4.69, 9.17) is 16.3 Å². The Bertz CT molecular complexity index is 1090. The van der Waals surface area contributed by atoms with Gasteiger partial charge < -0.3 is 24.7 Å². The molecule has 0 aliphatic carbocycles. The maximum absolute atomic E-state index is 14.6. The predicted molar refractivity (Wildman–Crippen MR) is 140 cm³/mol. The summed E-state index contributed by atoms with van der Waals surface area (Å²) in [5.41, 5.74) is -1.02. The number of nitrogens with zero attached hydrogens (tertiary/aromatic N) is 2. The summed E-state index contributed by atoms with van der Waals surface area (Å²) in [5, 5.41) is 21.1. The fourth-order valence-electron chi connectivity index (χ4n) is 7.02. The van der Waals surface area contributed by atoms with Crippen molar-refractivity contribution < 1.29 is 29.3 Å². The number of carboxylic acid groups (broad SMARTS) is 1. The summed E-state index contributed by atoms with van der Waals surface area (Å²) in [5.74, 6) is -4.14. The second kappa shape index (κ2) is 10.0. The minimum absolute atomic E-state index is 0.130. The van der Waals surface area contributed by atoms with E-state index in [0.717, 1.165) is 5.56 Å². The molecule has 3 aliphatic heterocycles. The zero-order chi connectivity index (χ0) is 27.3. The van der Waals surface area contributed by atoms with E-state index >= 15 is 0 Å². The van der Waals surface area contributed by atoms with E-state index in [1.807, 2.05) is 33.8 Å². The van der Waals surface area contributed by atoms with Gasteiger partial charge in [0.1, 0.15) is 17.6 Å². The van der Waals surface area contributed by atoms with Crippen molar-refractivity contribution in [1.29, 1.82) is 0 Å². The Morgan fingerprint density at radius 2 is 2.05 bits per heavy atom. The third-order valence-electron chi connectivity index (χ3n) is 9.00. The first-order chi connectivity index (χ1) is 17.5. The van der Waals surface area contributed by atoms with Gasteiger partial charge >= 0.3 is 5.97 Å². The lowest BCUT2D eigenvalue weighted by molar-refractivity contribution is -0.158. The second-order valence-corrected chi connectivity index (χ2v) is 11.1. The van der Waals surface area contributed by atoms with Crippen LogP contribution in [-0.2, 0) is 19.1 Å². The van der Waals surface area contributed by atoms with Crippen molar-refractivity contribution >= 4 is 35.1 Å². The summed E-state index contributed by atoms with van der Waals surface area (Å²) in [7, 11) is 0. The molecule has 4 rings (SSSR count). The number of hydrogen-bond acceptors (Lipinski definition) is 5. The minimum atomic E-state index is -1.30. The molecule has 1 aromatic carbocycles. The Balaban J connectivity index is 1.92. The standard InChI is InChI=1S/C28H37ClN2O6/c1-6-14-30(22-17(5)10-9-11-18(22)29)25(34)23-28-13-12-27(8-3,37-28)21(26(35)36)20(28)24(33)31(23)19(15-32)16(4)7-2/h6,9-11,16,19-21,23,32H,1,7-8,12-15H2,2-5H3,(H,35,36)/t16-,19-,20-,21-,23?,27+,28?/m0/s1. The number of benzene rings is 1. The van der Waals surface area contributed by atoms with Crippen LogP contribution in [0, 0.1) is 24.7 Å². The molecule has 2 N–H and O–H groups in total. The van der Waals surface area contributed by atoms with E-state index in [2.05, 4.69) is 6.58 Å². The smallest absolute Gasteiger partial charge is 0.310 e. The molecule has 9 heteroatoms. The molecule has 3 heterocycles. The maximum Gasteiger partial charge on any atom is 0.310 e. The number of rotatable bonds is 10. The summed E-state index contributed by atoms with van der Waals surface area (Å²) in [6, 6.07) is 3.57. The molecule has 1 aromatic rings. The molecule has 202 valence electrons. The van der Waals surface area contributed by atoms with Gasteiger partial charge in [-0.3, -0.25) is 14.4 Å². The normalized spacial score (nSPS) is 31.8. The van der Waals surface area contributed by atoms with Gasteiger partial charge in [0.25, 0.3) is 5.91 Å². The van der Waals surface area contributed by atoms with Gasteiger partial charge in [0.2, 0.25) is 5.91 Å². The number of ether oxygens (including phenoxy) is 1. The summed E-state index contributed by atoms with van der Waals surface area (Å²) in [6.07, 6.45) is 3.51. The summed E-state index contributed by atoms with van der Waals surface area (Å²) in [6.45, 7) is 11.2. The van der Waals surface area contributed by atoms with Crippen LogP contribution in [0.25, 0.3) is 0 Å². The highest BCUT2D eigenvalue weighted by Gasteiger charge is 2.79. The molecular weight excluding hydrogens is 496 g/mol. The van der Waals surface area contributed by atoms with Crippen molar-refractivity contribution in [3.63, 3.8) is 0 Å². The minimum Gasteiger partial charge on any atom is -0.481 e. The zero-order valence-corrected chi connectivity index (χ0v) is 22.7. The van der Waals surface area contributed by atoms with Gasteiger partial charge in [-0.2, -0.15) is 0 Å². The lowest BCUT2D eigenvalue weighted by Gasteiger charge is -2.41. The SMILES string of the molecule is C=CCN(C(=O)C1N([C@@H](CO)[C@@H](C)CC)C(=O)[C@@H]2[C@@H](C(=O)O)[C@@]3(CC)CCC12O3)c1c(C)cccc1Cl. The van der Waals surface area contributed by atoms with E-state index in [0.29, 0.717) is 36.4 Å². The van der Waals surface area contributed by atoms with Crippen LogP contribution in [0.3, 0.4) is 0 Å². The highest BCUT2D eigenvalue weighted by Crippen LogP contribution is 2.65. The number of fused-ring (bicyclic) bond motifs is 1. The molecule has 3 saturated heterocycles. The number of aliphatic carboxylic acids is 1. The molecule has 3 aliphatic rings. The van der Waals surface area contributed by atoms with Crippen LogP contribution in [0.4, 0.5) is 5.69 Å². The van der Waals surface area contributed by atoms with Crippen LogP contribution in [0.5, 0.6) is 0 Å². The fourth-order valence-corrected chi connectivity index (χ4v) is 7.34. The van der Waals surface area contributed by atoms with Crippen molar-refractivity contribution in [2.24, 2.45) is 17.8 Å². The number of aliphatic hydroxyl groups excluding tert-OH is 1. The lowest BCUT2D eigenvalue weighted by Crippen LogP contribution is -2.60. The van der Waals surface area contributed by atoms with Gasteiger partial charge in [0.05, 0.1) is 34.9 Å². The number of aryl methyl sites for hydroxylation is 1. The molecule has 0 saturated carbocycles. The number of carbonyl (C=O) groups is 3. The molecule has 0 radical (unpaired) electrons. The molecule has 8 nitrogen and oxygen atoms in total. The molecule has 3 fully saturated rings. The Hall–Kier alpha value is -2.42. The third kappa shape index (κ3) is 3.91. The van der Waals surface area contributed by atoms with E-state index in [-0.39, 0.29) is 19.1 Å². The molecule has 2 amide bonds. The highest BCUT2D eigenvalue weighted by molar-refractivity contribution is 6.34. The van der Waals surface area contributed by atoms with Gasteiger partial charge in [-0.15, -0.1) is 6.58 Å². The van der Waals surface area contributed by atoms with E-state index in [9.17, 15) is 24.6 Å². The number of aliphatic hydroxyl groups is 1. The number of anilines is 1. The molecule has 2 bridgehead atoms. The zero-order valence-electron chi connectivity index (χ0n) is 21.9. The monoisotopic (exact) mass is 532 g/mol. The van der Waals surface area contributed by atoms with Gasteiger partial charge in [-0.05, 0) is 43.7 Å². The van der Waals surface area contributed by atoms with Crippen molar-refractivity contribution in [1.82, 2.24) is 4.90 Å². The summed E-state index contributed by atoms with van der Waals surface area (Å²) >= 11 is 6.58. The average molecular weight is 533 g/mol. The quantitative estimate of drug-likeness (QED) is 0.444. The first-order valence-corrected chi connectivity index (χ1v) is 13.5. The van der Waals surface area contributed by atoms with E-state index in [1.54, 1.807) is 18.2 Å². The largest absolute Gasteiger partial charge is 0.481 e. The Morgan fingerprint density at radius 1 is 1.35 bits per heavy atom. The van der Waals surface area contributed by atoms with Crippen LogP contribution >= 0.6 is 11.6 Å². The molecule has 2 unspecified atom stereocenters. The topological polar surface area (TPSA) is 107 Å². The van der Waals surface area contributed by atoms with Crippen LogP contribution in [0.1, 0.15) is 52.0 Å². The number of para-hydroxylation sites is 1. The number of carbonyl (C=O) groups excluding carboxylic acids is 2. The third-order valence-corrected chi connectivity index (χ3v) is 9.31. The average Bonchev–Trinajstić information content (AvgIpc) is 3.47. The Labute approximate surface area is 223 Å². The number of halogens is 1. The first kappa shape index (κ1) is 27.6. The van der Waals surface area contributed by atoms with Crippen molar-refractivity contribution in [3.05, 3.63) is 41.4 Å². The van der Waals surface area contributed by atoms with Gasteiger partial charge in [0.15, 0.2) is 0 Å².